The number of pyridine rings is 2. The zero-order chi connectivity index (χ0) is 22.7. The lowest BCUT2D eigenvalue weighted by molar-refractivity contribution is -0.137. The zero-order valence-corrected chi connectivity index (χ0v) is 18.3. The van der Waals surface area contributed by atoms with Crippen LogP contribution in [0.2, 0.25) is 5.02 Å². The highest BCUT2D eigenvalue weighted by molar-refractivity contribution is 6.33. The van der Waals surface area contributed by atoms with Gasteiger partial charge in [-0.05, 0) is 50.3 Å². The maximum atomic E-state index is 12.9. The van der Waals surface area contributed by atoms with Crippen LogP contribution in [0.4, 0.5) is 30.5 Å². The average molecular weight is 468 g/mol. The van der Waals surface area contributed by atoms with E-state index < -0.39 is 11.7 Å². The van der Waals surface area contributed by atoms with Crippen LogP contribution in [0.3, 0.4) is 0 Å². The summed E-state index contributed by atoms with van der Waals surface area (Å²) >= 11 is 6.07. The van der Waals surface area contributed by atoms with Crippen LogP contribution < -0.4 is 15.1 Å². The Kier molecular flexibility index (Phi) is 6.74. The first-order valence-corrected chi connectivity index (χ1v) is 11.2. The first-order valence-electron chi connectivity index (χ1n) is 10.8. The van der Waals surface area contributed by atoms with Gasteiger partial charge < -0.3 is 15.1 Å². The summed E-state index contributed by atoms with van der Waals surface area (Å²) in [7, 11) is 0. The molecule has 4 heterocycles. The Morgan fingerprint density at radius 3 is 2.38 bits per heavy atom. The van der Waals surface area contributed by atoms with Crippen molar-refractivity contribution in [1.29, 1.82) is 0 Å². The van der Waals surface area contributed by atoms with E-state index in [-0.39, 0.29) is 16.8 Å². The van der Waals surface area contributed by atoms with E-state index >= 15 is 0 Å². The molecule has 2 saturated heterocycles. The molecule has 10 heteroatoms. The summed E-state index contributed by atoms with van der Waals surface area (Å²) in [4.78, 5) is 25.4. The van der Waals surface area contributed by atoms with Gasteiger partial charge in [-0.2, -0.15) is 13.2 Å². The molecular weight excluding hydrogens is 443 g/mol. The first-order chi connectivity index (χ1) is 15.3. The molecule has 0 unspecified atom stereocenters. The van der Waals surface area contributed by atoms with Gasteiger partial charge in [-0.25, -0.2) is 9.97 Å². The summed E-state index contributed by atoms with van der Waals surface area (Å²) in [5.74, 6) is 0.855. The zero-order valence-electron chi connectivity index (χ0n) is 17.5. The van der Waals surface area contributed by atoms with E-state index in [1.54, 1.807) is 6.20 Å². The van der Waals surface area contributed by atoms with E-state index in [2.05, 4.69) is 20.2 Å². The van der Waals surface area contributed by atoms with Crippen LogP contribution in [-0.2, 0) is 11.0 Å². The number of nitrogens with zero attached hydrogens (tertiary/aromatic N) is 4. The summed E-state index contributed by atoms with van der Waals surface area (Å²) in [5, 5.41) is 3.00. The van der Waals surface area contributed by atoms with Crippen LogP contribution in [-0.4, -0.2) is 42.1 Å². The minimum absolute atomic E-state index is 0.0377. The minimum atomic E-state index is -4.49. The Balaban J connectivity index is 1.38. The van der Waals surface area contributed by atoms with E-state index in [0.29, 0.717) is 37.4 Å². The smallest absolute Gasteiger partial charge is 0.355 e. The fraction of sp³-hybridized carbons (Fsp3) is 0.500. The molecule has 0 radical (unpaired) electrons. The van der Waals surface area contributed by atoms with Crippen molar-refractivity contribution >= 4 is 34.8 Å². The van der Waals surface area contributed by atoms with Crippen molar-refractivity contribution in [2.24, 2.45) is 5.92 Å². The number of carbonyl (C=O) groups is 1. The van der Waals surface area contributed by atoms with E-state index in [1.807, 2.05) is 17.0 Å². The molecule has 2 aromatic rings. The molecule has 0 bridgehead atoms. The van der Waals surface area contributed by atoms with Crippen molar-refractivity contribution in [3.05, 3.63) is 41.2 Å². The number of hydrogen-bond donors (Lipinski definition) is 1. The molecule has 2 aliphatic heterocycles. The molecule has 0 saturated carbocycles. The SMILES string of the molecule is O=C(Nc1cccnc1N1CCCCC1)C1CCN(c2ncc(C(F)(F)F)cc2Cl)CC1. The first kappa shape index (κ1) is 22.6. The van der Waals surface area contributed by atoms with Gasteiger partial charge in [0.2, 0.25) is 5.91 Å². The fourth-order valence-corrected chi connectivity index (χ4v) is 4.54. The number of amides is 1. The largest absolute Gasteiger partial charge is 0.417 e. The summed E-state index contributed by atoms with van der Waals surface area (Å²) in [5.41, 5.74) is -0.157. The maximum absolute atomic E-state index is 12.9. The van der Waals surface area contributed by atoms with Gasteiger partial charge in [0.25, 0.3) is 0 Å². The summed E-state index contributed by atoms with van der Waals surface area (Å²) in [6.45, 7) is 2.84. The van der Waals surface area contributed by atoms with Crippen LogP contribution in [0.1, 0.15) is 37.7 Å². The third-order valence-corrected chi connectivity index (χ3v) is 6.29. The normalized spacial score (nSPS) is 18.0. The summed E-state index contributed by atoms with van der Waals surface area (Å²) in [6.07, 6.45) is 2.60. The van der Waals surface area contributed by atoms with Gasteiger partial charge in [0.1, 0.15) is 5.82 Å². The molecule has 1 amide bonds. The molecule has 0 spiro atoms. The van der Waals surface area contributed by atoms with Crippen LogP contribution in [0.5, 0.6) is 0 Å². The van der Waals surface area contributed by atoms with E-state index in [1.165, 1.54) is 6.42 Å². The molecule has 0 atom stereocenters. The van der Waals surface area contributed by atoms with E-state index in [0.717, 1.165) is 44.0 Å². The molecule has 2 fully saturated rings. The van der Waals surface area contributed by atoms with Gasteiger partial charge in [-0.3, -0.25) is 4.79 Å². The molecule has 6 nitrogen and oxygen atoms in total. The number of alkyl halides is 3. The number of nitrogens with one attached hydrogen (secondary N) is 1. The Morgan fingerprint density at radius 2 is 1.72 bits per heavy atom. The highest BCUT2D eigenvalue weighted by Gasteiger charge is 2.33. The topological polar surface area (TPSA) is 61.4 Å². The molecule has 0 aromatic carbocycles. The van der Waals surface area contributed by atoms with Crippen LogP contribution in [0, 0.1) is 5.92 Å². The van der Waals surface area contributed by atoms with Gasteiger partial charge in [0.15, 0.2) is 5.82 Å². The predicted octanol–water partition coefficient (Wildman–Crippen LogP) is 4.99. The monoisotopic (exact) mass is 467 g/mol. The highest BCUT2D eigenvalue weighted by Crippen LogP contribution is 2.35. The number of rotatable bonds is 4. The van der Waals surface area contributed by atoms with E-state index in [9.17, 15) is 18.0 Å². The Hall–Kier alpha value is -2.55. The van der Waals surface area contributed by atoms with Crippen molar-refractivity contribution in [1.82, 2.24) is 9.97 Å². The lowest BCUT2D eigenvalue weighted by Gasteiger charge is -2.33. The Labute approximate surface area is 189 Å². The van der Waals surface area contributed by atoms with Crippen molar-refractivity contribution in [2.45, 2.75) is 38.3 Å². The average Bonchev–Trinajstić information content (AvgIpc) is 2.79. The van der Waals surface area contributed by atoms with Crippen LogP contribution in [0.25, 0.3) is 0 Å². The summed E-state index contributed by atoms with van der Waals surface area (Å²) in [6, 6.07) is 4.58. The second-order valence-electron chi connectivity index (χ2n) is 8.20. The number of aromatic nitrogens is 2. The molecule has 2 aromatic heterocycles. The Morgan fingerprint density at radius 1 is 1.03 bits per heavy atom. The lowest BCUT2D eigenvalue weighted by Crippen LogP contribution is -2.39. The van der Waals surface area contributed by atoms with Crippen LogP contribution in [0.15, 0.2) is 30.6 Å². The third kappa shape index (κ3) is 5.09. The second kappa shape index (κ2) is 9.52. The van der Waals surface area contributed by atoms with Crippen molar-refractivity contribution in [3.63, 3.8) is 0 Å². The van der Waals surface area contributed by atoms with Crippen LogP contribution >= 0.6 is 11.6 Å². The standard InChI is InChI=1S/C22H25ClF3N5O/c23-17-13-16(22(24,25)26)14-28-19(17)31-11-6-15(7-12-31)21(32)29-18-5-4-8-27-20(18)30-9-2-1-3-10-30/h4-5,8,13-15H,1-3,6-7,9-12H2,(H,29,32). The van der Waals surface area contributed by atoms with Gasteiger partial charge in [0.05, 0.1) is 16.3 Å². The minimum Gasteiger partial charge on any atom is -0.355 e. The number of piperidine rings is 2. The van der Waals surface area contributed by atoms with Crippen molar-refractivity contribution in [2.75, 3.05) is 41.3 Å². The maximum Gasteiger partial charge on any atom is 0.417 e. The molecule has 2 aliphatic rings. The highest BCUT2D eigenvalue weighted by atomic mass is 35.5. The number of halogens is 4. The Bertz CT molecular complexity index is 957. The number of hydrogen-bond acceptors (Lipinski definition) is 5. The number of carbonyl (C=O) groups excluding carboxylic acids is 1. The summed E-state index contributed by atoms with van der Waals surface area (Å²) < 4.78 is 38.5. The van der Waals surface area contributed by atoms with Gasteiger partial charge in [-0.1, -0.05) is 11.6 Å². The number of anilines is 3. The molecule has 172 valence electrons. The quantitative estimate of drug-likeness (QED) is 0.686. The molecule has 0 aliphatic carbocycles. The molecule has 32 heavy (non-hydrogen) atoms. The lowest BCUT2D eigenvalue weighted by atomic mass is 9.95. The second-order valence-corrected chi connectivity index (χ2v) is 8.61. The van der Waals surface area contributed by atoms with Crippen molar-refractivity contribution < 1.29 is 18.0 Å². The molecule has 4 rings (SSSR count). The fourth-order valence-electron chi connectivity index (χ4n) is 4.26. The van der Waals surface area contributed by atoms with E-state index in [4.69, 9.17) is 11.6 Å². The van der Waals surface area contributed by atoms with Gasteiger partial charge >= 0.3 is 6.18 Å². The van der Waals surface area contributed by atoms with Gasteiger partial charge in [0, 0.05) is 44.5 Å². The molecular formula is C22H25ClF3N5O. The van der Waals surface area contributed by atoms with Crippen molar-refractivity contribution in [3.8, 4) is 0 Å². The third-order valence-electron chi connectivity index (χ3n) is 6.01. The molecule has 1 N–H and O–H groups in total. The predicted molar refractivity (Wildman–Crippen MR) is 118 cm³/mol. The van der Waals surface area contributed by atoms with Gasteiger partial charge in [-0.15, -0.1) is 0 Å².